The summed E-state index contributed by atoms with van der Waals surface area (Å²) in [6, 6.07) is 17.0. The van der Waals surface area contributed by atoms with E-state index in [2.05, 4.69) is 10.4 Å². The molecule has 2 aromatic carbocycles. The number of hydrogen-bond donors (Lipinski definition) is 1. The van der Waals surface area contributed by atoms with Crippen molar-refractivity contribution in [2.24, 2.45) is 0 Å². The lowest BCUT2D eigenvalue weighted by atomic mass is 10.2. The van der Waals surface area contributed by atoms with Crippen molar-refractivity contribution in [3.63, 3.8) is 0 Å². The SMILES string of the molecule is CCOc1ccc(C(=O)Nc2c(C)nn(-c3ccccc3)c2C)cc1. The van der Waals surface area contributed by atoms with Gasteiger partial charge in [-0.15, -0.1) is 0 Å². The Morgan fingerprint density at radius 3 is 2.40 bits per heavy atom. The van der Waals surface area contributed by atoms with Crippen molar-refractivity contribution in [1.82, 2.24) is 9.78 Å². The van der Waals surface area contributed by atoms with Gasteiger partial charge in [0.25, 0.3) is 5.91 Å². The Morgan fingerprint density at radius 1 is 1.08 bits per heavy atom. The molecule has 0 spiro atoms. The number of para-hydroxylation sites is 1. The van der Waals surface area contributed by atoms with Crippen LogP contribution in [0.25, 0.3) is 5.69 Å². The number of aromatic nitrogens is 2. The first-order chi connectivity index (χ1) is 12.1. The number of carbonyl (C=O) groups is 1. The molecule has 0 saturated heterocycles. The topological polar surface area (TPSA) is 56.1 Å². The summed E-state index contributed by atoms with van der Waals surface area (Å²) in [7, 11) is 0. The lowest BCUT2D eigenvalue weighted by molar-refractivity contribution is 0.102. The maximum absolute atomic E-state index is 12.5. The number of benzene rings is 2. The van der Waals surface area contributed by atoms with Crippen LogP contribution in [0, 0.1) is 13.8 Å². The molecule has 0 fully saturated rings. The van der Waals surface area contributed by atoms with Gasteiger partial charge in [-0.1, -0.05) is 18.2 Å². The number of nitrogens with zero attached hydrogens (tertiary/aromatic N) is 2. The van der Waals surface area contributed by atoms with Gasteiger partial charge in [0.1, 0.15) is 5.75 Å². The highest BCUT2D eigenvalue weighted by atomic mass is 16.5. The van der Waals surface area contributed by atoms with E-state index >= 15 is 0 Å². The number of aryl methyl sites for hydroxylation is 1. The van der Waals surface area contributed by atoms with E-state index in [0.717, 1.165) is 28.5 Å². The van der Waals surface area contributed by atoms with E-state index in [1.165, 1.54) is 0 Å². The Morgan fingerprint density at radius 2 is 1.76 bits per heavy atom. The van der Waals surface area contributed by atoms with E-state index in [0.29, 0.717) is 12.2 Å². The van der Waals surface area contributed by atoms with E-state index in [-0.39, 0.29) is 5.91 Å². The van der Waals surface area contributed by atoms with E-state index in [9.17, 15) is 4.79 Å². The van der Waals surface area contributed by atoms with E-state index in [4.69, 9.17) is 4.74 Å². The van der Waals surface area contributed by atoms with Gasteiger partial charge >= 0.3 is 0 Å². The molecule has 0 radical (unpaired) electrons. The molecule has 3 aromatic rings. The van der Waals surface area contributed by atoms with E-state index in [1.807, 2.05) is 55.8 Å². The molecular formula is C20H21N3O2. The van der Waals surface area contributed by atoms with E-state index < -0.39 is 0 Å². The molecule has 25 heavy (non-hydrogen) atoms. The van der Waals surface area contributed by atoms with Crippen LogP contribution in [0.5, 0.6) is 5.75 Å². The molecule has 0 aliphatic carbocycles. The summed E-state index contributed by atoms with van der Waals surface area (Å²) in [6.07, 6.45) is 0. The standard InChI is InChI=1S/C20H21N3O2/c1-4-25-18-12-10-16(11-13-18)20(24)21-19-14(2)22-23(15(19)3)17-8-6-5-7-9-17/h5-13H,4H2,1-3H3,(H,21,24). The summed E-state index contributed by atoms with van der Waals surface area (Å²) in [5, 5.41) is 7.52. The van der Waals surface area contributed by atoms with Gasteiger partial charge in [-0.2, -0.15) is 5.10 Å². The van der Waals surface area contributed by atoms with Crippen molar-refractivity contribution in [2.45, 2.75) is 20.8 Å². The summed E-state index contributed by atoms with van der Waals surface area (Å²) in [6.45, 7) is 6.36. The largest absolute Gasteiger partial charge is 0.494 e. The molecule has 1 N–H and O–H groups in total. The minimum atomic E-state index is -0.165. The molecule has 0 aliphatic rings. The number of nitrogens with one attached hydrogen (secondary N) is 1. The zero-order valence-corrected chi connectivity index (χ0v) is 14.6. The second-order valence-electron chi connectivity index (χ2n) is 5.70. The van der Waals surface area contributed by atoms with Crippen molar-refractivity contribution in [3.8, 4) is 11.4 Å². The van der Waals surface area contributed by atoms with Crippen molar-refractivity contribution in [3.05, 3.63) is 71.5 Å². The smallest absolute Gasteiger partial charge is 0.255 e. The zero-order chi connectivity index (χ0) is 17.8. The fraction of sp³-hybridized carbons (Fsp3) is 0.200. The third-order valence-corrected chi connectivity index (χ3v) is 3.96. The predicted octanol–water partition coefficient (Wildman–Crippen LogP) is 4.14. The minimum absolute atomic E-state index is 0.165. The number of amides is 1. The number of rotatable bonds is 5. The van der Waals surface area contributed by atoms with Gasteiger partial charge in [0.2, 0.25) is 0 Å². The van der Waals surface area contributed by atoms with Crippen LogP contribution < -0.4 is 10.1 Å². The normalized spacial score (nSPS) is 10.5. The Bertz CT molecular complexity index is 868. The number of hydrogen-bond acceptors (Lipinski definition) is 3. The van der Waals surface area contributed by atoms with Crippen LogP contribution in [-0.2, 0) is 0 Å². The van der Waals surface area contributed by atoms with Crippen LogP contribution >= 0.6 is 0 Å². The third kappa shape index (κ3) is 3.55. The second-order valence-corrected chi connectivity index (χ2v) is 5.70. The monoisotopic (exact) mass is 335 g/mol. The molecule has 0 atom stereocenters. The molecule has 0 saturated carbocycles. The van der Waals surface area contributed by atoms with Crippen LogP contribution in [0.3, 0.4) is 0 Å². The summed E-state index contributed by atoms with van der Waals surface area (Å²) in [4.78, 5) is 12.5. The van der Waals surface area contributed by atoms with Crippen molar-refractivity contribution in [2.75, 3.05) is 11.9 Å². The fourth-order valence-electron chi connectivity index (χ4n) is 2.70. The Labute approximate surface area is 147 Å². The van der Waals surface area contributed by atoms with Crippen molar-refractivity contribution < 1.29 is 9.53 Å². The first-order valence-corrected chi connectivity index (χ1v) is 8.26. The highest BCUT2D eigenvalue weighted by Gasteiger charge is 2.16. The van der Waals surface area contributed by atoms with Crippen LogP contribution in [-0.4, -0.2) is 22.3 Å². The average molecular weight is 335 g/mol. The molecule has 3 rings (SSSR count). The molecule has 1 heterocycles. The van der Waals surface area contributed by atoms with Gasteiger partial charge in [-0.05, 0) is 57.2 Å². The van der Waals surface area contributed by atoms with E-state index in [1.54, 1.807) is 24.3 Å². The molecule has 5 heteroatoms. The number of carbonyl (C=O) groups excluding carboxylic acids is 1. The Kier molecular flexibility index (Phi) is 4.84. The highest BCUT2D eigenvalue weighted by molar-refractivity contribution is 6.05. The Hall–Kier alpha value is -3.08. The van der Waals surface area contributed by atoms with Crippen LogP contribution in [0.15, 0.2) is 54.6 Å². The van der Waals surface area contributed by atoms with Crippen LogP contribution in [0.1, 0.15) is 28.7 Å². The fourth-order valence-corrected chi connectivity index (χ4v) is 2.70. The zero-order valence-electron chi connectivity index (χ0n) is 14.6. The minimum Gasteiger partial charge on any atom is -0.494 e. The summed E-state index contributed by atoms with van der Waals surface area (Å²) in [5.74, 6) is 0.588. The van der Waals surface area contributed by atoms with Gasteiger partial charge in [-0.25, -0.2) is 4.68 Å². The first kappa shape index (κ1) is 16.8. The molecule has 0 bridgehead atoms. The second kappa shape index (κ2) is 7.21. The third-order valence-electron chi connectivity index (χ3n) is 3.96. The van der Waals surface area contributed by atoms with Gasteiger partial charge in [0, 0.05) is 5.56 Å². The van der Waals surface area contributed by atoms with Gasteiger partial charge in [-0.3, -0.25) is 4.79 Å². The first-order valence-electron chi connectivity index (χ1n) is 8.26. The molecule has 5 nitrogen and oxygen atoms in total. The summed E-state index contributed by atoms with van der Waals surface area (Å²) in [5.41, 5.74) is 3.95. The predicted molar refractivity (Wildman–Crippen MR) is 98.6 cm³/mol. The molecule has 128 valence electrons. The van der Waals surface area contributed by atoms with Gasteiger partial charge < -0.3 is 10.1 Å². The quantitative estimate of drug-likeness (QED) is 0.762. The van der Waals surface area contributed by atoms with Crippen LogP contribution in [0.2, 0.25) is 0 Å². The molecule has 1 amide bonds. The number of ether oxygens (including phenoxy) is 1. The van der Waals surface area contributed by atoms with Crippen molar-refractivity contribution >= 4 is 11.6 Å². The molecule has 0 aliphatic heterocycles. The summed E-state index contributed by atoms with van der Waals surface area (Å²) < 4.78 is 7.24. The average Bonchev–Trinajstić information content (AvgIpc) is 2.91. The lowest BCUT2D eigenvalue weighted by Gasteiger charge is -2.08. The van der Waals surface area contributed by atoms with Gasteiger partial charge in [0.15, 0.2) is 0 Å². The van der Waals surface area contributed by atoms with Crippen LogP contribution in [0.4, 0.5) is 5.69 Å². The molecule has 0 unspecified atom stereocenters. The highest BCUT2D eigenvalue weighted by Crippen LogP contribution is 2.23. The maximum Gasteiger partial charge on any atom is 0.255 e. The molecule has 1 aromatic heterocycles. The van der Waals surface area contributed by atoms with Gasteiger partial charge in [0.05, 0.1) is 29.4 Å². The Balaban J connectivity index is 1.83. The van der Waals surface area contributed by atoms with Crippen molar-refractivity contribution in [1.29, 1.82) is 0 Å². The maximum atomic E-state index is 12.5. The lowest BCUT2D eigenvalue weighted by Crippen LogP contribution is -2.13. The summed E-state index contributed by atoms with van der Waals surface area (Å²) >= 11 is 0. The number of anilines is 1. The molecular weight excluding hydrogens is 314 g/mol.